The summed E-state index contributed by atoms with van der Waals surface area (Å²) < 4.78 is 2.21. The average molecular weight is 479 g/mol. The number of aryl methyl sites for hydroxylation is 1. The Morgan fingerprint density at radius 1 is 0.806 bits per heavy atom. The second kappa shape index (κ2) is 10.5. The molecule has 5 rings (SSSR count). The van der Waals surface area contributed by atoms with Gasteiger partial charge in [-0.15, -0.1) is 0 Å². The van der Waals surface area contributed by atoms with E-state index >= 15 is 0 Å². The van der Waals surface area contributed by atoms with Gasteiger partial charge in [-0.05, 0) is 64.1 Å². The summed E-state index contributed by atoms with van der Waals surface area (Å²) in [4.78, 5) is 0. The number of aliphatic hydroxyl groups is 1. The lowest BCUT2D eigenvalue weighted by Crippen LogP contribution is -2.52. The highest BCUT2D eigenvalue weighted by Crippen LogP contribution is 2.32. The molecule has 0 aliphatic carbocycles. The predicted octanol–water partition coefficient (Wildman–Crippen LogP) is 7.52. The molecule has 0 saturated carbocycles. The minimum atomic E-state index is -0.763. The number of rotatable bonds is 10. The fourth-order valence-electron chi connectivity index (χ4n) is 6.12. The van der Waals surface area contributed by atoms with Crippen molar-refractivity contribution < 1.29 is 5.11 Å². The van der Waals surface area contributed by atoms with Crippen molar-refractivity contribution in [3.05, 3.63) is 96.2 Å². The molecule has 0 saturated heterocycles. The topological polar surface area (TPSA) is 37.2 Å². The molecular weight excluding hydrogens is 440 g/mol. The third-order valence-corrected chi connectivity index (χ3v) is 7.83. The first-order valence-corrected chi connectivity index (χ1v) is 13.4. The molecule has 0 bridgehead atoms. The monoisotopic (exact) mass is 478 g/mol. The van der Waals surface area contributed by atoms with Crippen LogP contribution in [-0.2, 0) is 20.0 Å². The van der Waals surface area contributed by atoms with Gasteiger partial charge >= 0.3 is 0 Å². The first-order valence-electron chi connectivity index (χ1n) is 13.4. The van der Waals surface area contributed by atoms with Crippen LogP contribution in [-0.4, -0.2) is 21.3 Å². The van der Waals surface area contributed by atoms with E-state index in [4.69, 9.17) is 0 Å². The summed E-state index contributed by atoms with van der Waals surface area (Å²) >= 11 is 0. The Kier molecular flexibility index (Phi) is 7.13. The lowest BCUT2D eigenvalue weighted by molar-refractivity contribution is -0.0160. The second-order valence-electron chi connectivity index (χ2n) is 10.3. The van der Waals surface area contributed by atoms with Crippen molar-refractivity contribution in [2.24, 2.45) is 7.05 Å². The minimum absolute atomic E-state index is 0.0547. The quantitative estimate of drug-likeness (QED) is 0.204. The highest BCUT2D eigenvalue weighted by molar-refractivity contribution is 6.02. The largest absolute Gasteiger partial charge is 0.388 e. The maximum Gasteiger partial charge on any atom is 0.0803 e. The van der Waals surface area contributed by atoms with E-state index in [1.165, 1.54) is 43.6 Å². The van der Waals surface area contributed by atoms with E-state index in [0.717, 1.165) is 32.1 Å². The van der Waals surface area contributed by atoms with E-state index < -0.39 is 5.60 Å². The van der Waals surface area contributed by atoms with Crippen LogP contribution in [0.1, 0.15) is 50.7 Å². The zero-order chi connectivity index (χ0) is 25.1. The summed E-state index contributed by atoms with van der Waals surface area (Å²) in [7, 11) is 2.11. The minimum Gasteiger partial charge on any atom is -0.388 e. The Morgan fingerprint density at radius 3 is 1.97 bits per heavy atom. The third kappa shape index (κ3) is 4.66. The normalized spacial score (nSPS) is 13.1. The molecule has 0 unspecified atom stereocenters. The Bertz CT molecular complexity index is 1420. The predicted molar refractivity (Wildman–Crippen MR) is 153 cm³/mol. The highest BCUT2D eigenvalue weighted by atomic mass is 16.3. The molecule has 0 aliphatic rings. The van der Waals surface area contributed by atoms with Gasteiger partial charge in [-0.1, -0.05) is 93.4 Å². The van der Waals surface area contributed by atoms with Crippen LogP contribution in [0.4, 0.5) is 0 Å². The molecule has 1 heterocycles. The first kappa shape index (κ1) is 24.5. The van der Waals surface area contributed by atoms with E-state index in [-0.39, 0.29) is 6.04 Å². The van der Waals surface area contributed by atoms with Crippen molar-refractivity contribution >= 4 is 32.4 Å². The van der Waals surface area contributed by atoms with E-state index in [1.807, 2.05) is 0 Å². The van der Waals surface area contributed by atoms with Gasteiger partial charge in [0, 0.05) is 36.7 Å². The van der Waals surface area contributed by atoms with Crippen molar-refractivity contribution in [1.29, 1.82) is 0 Å². The molecule has 0 amide bonds. The van der Waals surface area contributed by atoms with Crippen LogP contribution in [0.25, 0.3) is 32.4 Å². The maximum absolute atomic E-state index is 12.0. The van der Waals surface area contributed by atoms with Crippen LogP contribution in [0.15, 0.2) is 85.1 Å². The molecular formula is C33H38N2O. The molecule has 0 radical (unpaired) electrons. The summed E-state index contributed by atoms with van der Waals surface area (Å²) in [6.07, 6.45) is 6.54. The molecule has 1 atom stereocenters. The standard InChI is InChI=1S/C33H38N2O/c1-4-18-33(36,19-5-2)32(21-26-23-35(3)31-17-11-10-16-29(26)31)34-22-30-27-14-8-6-12-24(27)20-25-13-7-9-15-28(25)30/h6-17,20,23,32,34,36H,4-5,18-19,21-22H2,1-3H3/t32-/m0/s1. The van der Waals surface area contributed by atoms with Crippen molar-refractivity contribution in [2.45, 2.75) is 64.1 Å². The fourth-order valence-corrected chi connectivity index (χ4v) is 6.12. The Morgan fingerprint density at radius 2 is 1.36 bits per heavy atom. The Labute approximate surface area is 214 Å². The van der Waals surface area contributed by atoms with Gasteiger partial charge < -0.3 is 15.0 Å². The van der Waals surface area contributed by atoms with E-state index in [1.54, 1.807) is 0 Å². The van der Waals surface area contributed by atoms with Crippen LogP contribution in [0.2, 0.25) is 0 Å². The van der Waals surface area contributed by atoms with Gasteiger partial charge in [0.15, 0.2) is 0 Å². The van der Waals surface area contributed by atoms with Gasteiger partial charge in [-0.25, -0.2) is 0 Å². The van der Waals surface area contributed by atoms with Gasteiger partial charge in [0.2, 0.25) is 0 Å². The van der Waals surface area contributed by atoms with Crippen LogP contribution >= 0.6 is 0 Å². The van der Waals surface area contributed by atoms with Crippen LogP contribution in [0, 0.1) is 0 Å². The lowest BCUT2D eigenvalue weighted by Gasteiger charge is -2.37. The van der Waals surface area contributed by atoms with Gasteiger partial charge in [-0.2, -0.15) is 0 Å². The summed E-state index contributed by atoms with van der Waals surface area (Å²) in [5.41, 5.74) is 3.07. The van der Waals surface area contributed by atoms with Crippen molar-refractivity contribution in [2.75, 3.05) is 0 Å². The van der Waals surface area contributed by atoms with Gasteiger partial charge in [0.05, 0.1) is 5.60 Å². The smallest absolute Gasteiger partial charge is 0.0803 e. The molecule has 2 N–H and O–H groups in total. The number of nitrogens with zero attached hydrogens (tertiary/aromatic N) is 1. The molecule has 36 heavy (non-hydrogen) atoms. The van der Waals surface area contributed by atoms with Gasteiger partial charge in [0.25, 0.3) is 0 Å². The molecule has 3 heteroatoms. The molecule has 4 aromatic carbocycles. The van der Waals surface area contributed by atoms with E-state index in [9.17, 15) is 5.11 Å². The lowest BCUT2D eigenvalue weighted by atomic mass is 9.81. The van der Waals surface area contributed by atoms with Gasteiger partial charge in [-0.3, -0.25) is 0 Å². The van der Waals surface area contributed by atoms with Crippen LogP contribution in [0.3, 0.4) is 0 Å². The van der Waals surface area contributed by atoms with Crippen LogP contribution in [0.5, 0.6) is 0 Å². The number of para-hydroxylation sites is 1. The second-order valence-corrected chi connectivity index (χ2v) is 10.3. The Hall–Kier alpha value is -3.14. The van der Waals surface area contributed by atoms with Crippen molar-refractivity contribution in [3.63, 3.8) is 0 Å². The number of hydrogen-bond donors (Lipinski definition) is 2. The molecule has 5 aromatic rings. The summed E-state index contributed by atoms with van der Waals surface area (Å²) in [5, 5.41) is 22.3. The number of fused-ring (bicyclic) bond motifs is 3. The van der Waals surface area contributed by atoms with Gasteiger partial charge in [0.1, 0.15) is 0 Å². The molecule has 0 fully saturated rings. The average Bonchev–Trinajstić information content (AvgIpc) is 3.21. The first-order chi connectivity index (χ1) is 17.5. The zero-order valence-corrected chi connectivity index (χ0v) is 21.8. The Balaban J connectivity index is 1.56. The maximum atomic E-state index is 12.0. The molecule has 0 aliphatic heterocycles. The number of aromatic nitrogens is 1. The van der Waals surface area contributed by atoms with Crippen molar-refractivity contribution in [1.82, 2.24) is 9.88 Å². The molecule has 1 aromatic heterocycles. The summed E-state index contributed by atoms with van der Waals surface area (Å²) in [6.45, 7) is 5.06. The highest BCUT2D eigenvalue weighted by Gasteiger charge is 2.35. The summed E-state index contributed by atoms with van der Waals surface area (Å²) in [6, 6.07) is 28.1. The van der Waals surface area contributed by atoms with Crippen molar-refractivity contribution in [3.8, 4) is 0 Å². The third-order valence-electron chi connectivity index (χ3n) is 7.83. The fraction of sp³-hybridized carbons (Fsp3) is 0.333. The summed E-state index contributed by atoms with van der Waals surface area (Å²) in [5.74, 6) is 0. The number of hydrogen-bond acceptors (Lipinski definition) is 2. The SMILES string of the molecule is CCCC(O)(CCC)[C@H](Cc1cn(C)c2ccccc12)NCc1c2ccccc2cc2ccccc12. The number of benzene rings is 4. The molecule has 186 valence electrons. The molecule has 3 nitrogen and oxygen atoms in total. The van der Waals surface area contributed by atoms with Crippen LogP contribution < -0.4 is 5.32 Å². The zero-order valence-electron chi connectivity index (χ0n) is 21.8. The molecule has 0 spiro atoms. The van der Waals surface area contributed by atoms with E-state index in [2.05, 4.69) is 116 Å². The van der Waals surface area contributed by atoms with E-state index in [0.29, 0.717) is 6.54 Å². The number of nitrogens with one attached hydrogen (secondary N) is 1.